The molecule has 0 saturated heterocycles. The number of esters is 1. The lowest BCUT2D eigenvalue weighted by Crippen LogP contribution is -2.36. The number of rotatable bonds is 5. The molecule has 0 fully saturated rings. The van der Waals surface area contributed by atoms with Crippen LogP contribution in [0, 0.1) is 0 Å². The Labute approximate surface area is 65.1 Å². The van der Waals surface area contributed by atoms with Gasteiger partial charge in [-0.1, -0.05) is 0 Å². The normalized spacial score (nSPS) is 12.6. The minimum absolute atomic E-state index is 0.170. The third-order valence-electron chi connectivity index (χ3n) is 1.03. The maximum atomic E-state index is 10.7. The summed E-state index contributed by atoms with van der Waals surface area (Å²) in [4.78, 5) is 10.7. The van der Waals surface area contributed by atoms with Crippen LogP contribution >= 0.6 is 0 Å². The van der Waals surface area contributed by atoms with E-state index in [-0.39, 0.29) is 6.61 Å². The predicted molar refractivity (Wildman–Crippen MR) is 37.9 cm³/mol. The second-order valence-electron chi connectivity index (χ2n) is 1.95. The van der Waals surface area contributed by atoms with E-state index in [0.717, 1.165) is 0 Å². The first-order valence-electron chi connectivity index (χ1n) is 3.24. The average Bonchev–Trinajstić information content (AvgIpc) is 2.03. The Balaban J connectivity index is 3.36. The van der Waals surface area contributed by atoms with Gasteiger partial charge in [-0.15, -0.1) is 0 Å². The van der Waals surface area contributed by atoms with Gasteiger partial charge >= 0.3 is 5.97 Å². The molecule has 0 radical (unpaired) electrons. The van der Waals surface area contributed by atoms with Gasteiger partial charge < -0.3 is 20.3 Å². The molecular formula is C6H13NO4. The van der Waals surface area contributed by atoms with Crippen molar-refractivity contribution in [2.24, 2.45) is 5.73 Å². The number of aliphatic hydroxyl groups is 1. The van der Waals surface area contributed by atoms with Crippen LogP contribution in [0.3, 0.4) is 0 Å². The largest absolute Gasteiger partial charge is 0.462 e. The van der Waals surface area contributed by atoms with E-state index in [0.29, 0.717) is 6.61 Å². The van der Waals surface area contributed by atoms with Crippen LogP contribution in [-0.2, 0) is 14.3 Å². The molecule has 1 atom stereocenters. The molecule has 66 valence electrons. The summed E-state index contributed by atoms with van der Waals surface area (Å²) < 4.78 is 9.21. The fourth-order valence-corrected chi connectivity index (χ4v) is 0.407. The van der Waals surface area contributed by atoms with Crippen LogP contribution < -0.4 is 5.73 Å². The maximum absolute atomic E-state index is 10.7. The maximum Gasteiger partial charge on any atom is 0.325 e. The molecule has 0 aromatic carbocycles. The number of carbonyl (C=O) groups excluding carboxylic acids is 1. The van der Waals surface area contributed by atoms with Crippen molar-refractivity contribution in [3.05, 3.63) is 0 Å². The van der Waals surface area contributed by atoms with Crippen LogP contribution in [0.2, 0.25) is 0 Å². The molecule has 0 saturated carbocycles. The number of aliphatic hydroxyl groups excluding tert-OH is 1. The van der Waals surface area contributed by atoms with Crippen molar-refractivity contribution in [1.29, 1.82) is 0 Å². The Morgan fingerprint density at radius 3 is 2.73 bits per heavy atom. The number of methoxy groups -OCH3 is 1. The third kappa shape index (κ3) is 4.72. The second kappa shape index (κ2) is 6.09. The molecule has 1 unspecified atom stereocenters. The molecule has 0 aliphatic carbocycles. The number of hydrogen-bond donors (Lipinski definition) is 2. The van der Waals surface area contributed by atoms with Gasteiger partial charge in [0.2, 0.25) is 0 Å². The van der Waals surface area contributed by atoms with E-state index in [2.05, 4.69) is 9.47 Å². The lowest BCUT2D eigenvalue weighted by Gasteiger charge is -2.07. The summed E-state index contributed by atoms with van der Waals surface area (Å²) in [5.74, 6) is -0.607. The molecule has 0 aromatic heterocycles. The Kier molecular flexibility index (Phi) is 5.73. The minimum Gasteiger partial charge on any atom is -0.462 e. The predicted octanol–water partition coefficient (Wildman–Crippen LogP) is -1.50. The second-order valence-corrected chi connectivity index (χ2v) is 1.95. The molecule has 0 aliphatic heterocycles. The summed E-state index contributed by atoms with van der Waals surface area (Å²) in [6, 6.07) is -0.938. The lowest BCUT2D eigenvalue weighted by atomic mass is 10.3. The van der Waals surface area contributed by atoms with Crippen molar-refractivity contribution in [3.63, 3.8) is 0 Å². The fourth-order valence-electron chi connectivity index (χ4n) is 0.407. The van der Waals surface area contributed by atoms with Crippen molar-refractivity contribution in [2.45, 2.75) is 6.04 Å². The van der Waals surface area contributed by atoms with E-state index in [1.54, 1.807) is 0 Å². The van der Waals surface area contributed by atoms with Gasteiger partial charge in [-0.3, -0.25) is 4.79 Å². The molecule has 3 N–H and O–H groups in total. The molecule has 0 aromatic rings. The highest BCUT2D eigenvalue weighted by Gasteiger charge is 2.12. The van der Waals surface area contributed by atoms with Gasteiger partial charge in [-0.25, -0.2) is 0 Å². The van der Waals surface area contributed by atoms with Gasteiger partial charge in [0.05, 0.1) is 13.2 Å². The van der Waals surface area contributed by atoms with Crippen LogP contribution in [-0.4, -0.2) is 44.0 Å². The van der Waals surface area contributed by atoms with Crippen molar-refractivity contribution >= 4 is 5.97 Å². The minimum atomic E-state index is -0.938. The van der Waals surface area contributed by atoms with Gasteiger partial charge in [-0.05, 0) is 0 Å². The van der Waals surface area contributed by atoms with Gasteiger partial charge in [0.1, 0.15) is 12.6 Å². The van der Waals surface area contributed by atoms with E-state index in [9.17, 15) is 4.79 Å². The van der Waals surface area contributed by atoms with E-state index in [1.165, 1.54) is 7.11 Å². The highest BCUT2D eigenvalue weighted by atomic mass is 16.6. The number of ether oxygens (including phenoxy) is 2. The van der Waals surface area contributed by atoms with Gasteiger partial charge in [0, 0.05) is 7.11 Å². The Bertz CT molecular complexity index is 117. The van der Waals surface area contributed by atoms with E-state index >= 15 is 0 Å². The summed E-state index contributed by atoms with van der Waals surface area (Å²) in [5, 5.41) is 8.40. The van der Waals surface area contributed by atoms with E-state index in [1.807, 2.05) is 0 Å². The van der Waals surface area contributed by atoms with Crippen LogP contribution in [0.1, 0.15) is 0 Å². The van der Waals surface area contributed by atoms with Crippen molar-refractivity contribution in [2.75, 3.05) is 26.9 Å². The third-order valence-corrected chi connectivity index (χ3v) is 1.03. The summed E-state index contributed by atoms with van der Waals surface area (Å²) in [5.41, 5.74) is 5.13. The van der Waals surface area contributed by atoms with Gasteiger partial charge in [-0.2, -0.15) is 0 Å². The molecular weight excluding hydrogens is 150 g/mol. The van der Waals surface area contributed by atoms with Crippen molar-refractivity contribution in [3.8, 4) is 0 Å². The van der Waals surface area contributed by atoms with Crippen LogP contribution in [0.25, 0.3) is 0 Å². The number of hydrogen-bond acceptors (Lipinski definition) is 5. The quantitative estimate of drug-likeness (QED) is 0.380. The zero-order valence-electron chi connectivity index (χ0n) is 6.45. The zero-order valence-corrected chi connectivity index (χ0v) is 6.45. The summed E-state index contributed by atoms with van der Waals surface area (Å²) >= 11 is 0. The molecule has 0 rings (SSSR count). The Morgan fingerprint density at radius 2 is 2.27 bits per heavy atom. The molecule has 5 nitrogen and oxygen atoms in total. The molecule has 0 spiro atoms. The van der Waals surface area contributed by atoms with Crippen molar-refractivity contribution in [1.82, 2.24) is 0 Å². The Hall–Kier alpha value is -0.650. The smallest absolute Gasteiger partial charge is 0.325 e. The molecule has 0 aliphatic rings. The topological polar surface area (TPSA) is 81.8 Å². The molecule has 5 heteroatoms. The van der Waals surface area contributed by atoms with Gasteiger partial charge in [0.25, 0.3) is 0 Å². The van der Waals surface area contributed by atoms with Crippen LogP contribution in [0.15, 0.2) is 0 Å². The van der Waals surface area contributed by atoms with Gasteiger partial charge in [0.15, 0.2) is 0 Å². The number of carbonyl (C=O) groups is 1. The average molecular weight is 163 g/mol. The Morgan fingerprint density at radius 1 is 1.64 bits per heavy atom. The van der Waals surface area contributed by atoms with Crippen LogP contribution in [0.4, 0.5) is 0 Å². The highest BCUT2D eigenvalue weighted by molar-refractivity contribution is 5.75. The monoisotopic (exact) mass is 163 g/mol. The first-order valence-corrected chi connectivity index (χ1v) is 3.24. The summed E-state index contributed by atoms with van der Waals surface area (Å²) in [6.07, 6.45) is 0. The summed E-state index contributed by atoms with van der Waals surface area (Å²) in [6.45, 7) is 0.110. The van der Waals surface area contributed by atoms with Crippen molar-refractivity contribution < 1.29 is 19.4 Å². The lowest BCUT2D eigenvalue weighted by molar-refractivity contribution is -0.147. The molecule has 0 heterocycles. The molecule has 11 heavy (non-hydrogen) atoms. The molecule has 0 amide bonds. The first-order chi connectivity index (χ1) is 5.22. The zero-order chi connectivity index (χ0) is 8.69. The standard InChI is InChI=1S/C6H13NO4/c1-10-2-3-11-6(9)5(7)4-8/h5,8H,2-4,7H2,1H3. The first kappa shape index (κ1) is 10.3. The number of nitrogens with two attached hydrogens (primary N) is 1. The summed E-state index contributed by atoms with van der Waals surface area (Å²) in [7, 11) is 1.50. The highest BCUT2D eigenvalue weighted by Crippen LogP contribution is 1.84. The fraction of sp³-hybridized carbons (Fsp3) is 0.833. The SMILES string of the molecule is COCCOC(=O)C(N)CO. The van der Waals surface area contributed by atoms with E-state index < -0.39 is 18.6 Å². The molecule has 0 bridgehead atoms. The van der Waals surface area contributed by atoms with E-state index in [4.69, 9.17) is 10.8 Å². The van der Waals surface area contributed by atoms with Crippen LogP contribution in [0.5, 0.6) is 0 Å².